The van der Waals surface area contributed by atoms with Crippen LogP contribution in [0.15, 0.2) is 53.8 Å². The smallest absolute Gasteiger partial charge is 0.455 e. The molecule has 0 aliphatic rings. The molecule has 168 valence electrons. The number of ether oxygens (including phenoxy) is 2. The monoisotopic (exact) mass is 471 g/mol. The molecular formula is C19H23ClN3O7P. The first-order valence-electron chi connectivity index (χ1n) is 9.11. The Hall–Kier alpha value is -2.97. The molecule has 10 nitrogen and oxygen atoms in total. The van der Waals surface area contributed by atoms with E-state index in [9.17, 15) is 14.3 Å². The quantitative estimate of drug-likeness (QED) is 0.220. The third-order valence-electron chi connectivity index (χ3n) is 4.07. The molecule has 0 aliphatic carbocycles. The van der Waals surface area contributed by atoms with Gasteiger partial charge in [-0.3, -0.25) is 0 Å². The van der Waals surface area contributed by atoms with Crippen molar-refractivity contribution in [2.24, 2.45) is 5.29 Å². The molecule has 31 heavy (non-hydrogen) atoms. The number of carbonyl (C=O) groups excluding carboxylic acids is 1. The van der Waals surface area contributed by atoms with Crippen molar-refractivity contribution in [1.29, 1.82) is 0 Å². The van der Waals surface area contributed by atoms with Crippen molar-refractivity contribution in [2.45, 2.75) is 12.7 Å². The van der Waals surface area contributed by atoms with Crippen LogP contribution in [-0.4, -0.2) is 43.5 Å². The fourth-order valence-electron chi connectivity index (χ4n) is 2.48. The summed E-state index contributed by atoms with van der Waals surface area (Å²) in [5.41, 5.74) is 0. The normalized spacial score (nSPS) is 11.7. The van der Waals surface area contributed by atoms with Crippen molar-refractivity contribution in [1.82, 2.24) is 10.3 Å². The number of urea groups is 1. The Morgan fingerprint density at radius 1 is 1.03 bits per heavy atom. The first kappa shape index (κ1) is 24.3. The minimum absolute atomic E-state index is 0.0736. The molecule has 0 heterocycles. The second-order valence-corrected chi connectivity index (χ2v) is 8.57. The zero-order chi connectivity index (χ0) is 22.9. The minimum atomic E-state index is -4.31. The van der Waals surface area contributed by atoms with Gasteiger partial charge in [0.1, 0.15) is 0 Å². The zero-order valence-corrected chi connectivity index (χ0v) is 18.8. The highest BCUT2D eigenvalue weighted by Crippen LogP contribution is 2.56. The number of hydrogen-bond acceptors (Lipinski definition) is 8. The Labute approximate surface area is 184 Å². The lowest BCUT2D eigenvalue weighted by Crippen LogP contribution is -2.43. The summed E-state index contributed by atoms with van der Waals surface area (Å²) in [4.78, 5) is 23.8. The van der Waals surface area contributed by atoms with Crippen LogP contribution in [0.2, 0.25) is 0 Å². The zero-order valence-electron chi connectivity index (χ0n) is 17.2. The summed E-state index contributed by atoms with van der Waals surface area (Å²) < 4.78 is 35.9. The van der Waals surface area contributed by atoms with Crippen LogP contribution in [0.4, 0.5) is 4.79 Å². The van der Waals surface area contributed by atoms with Crippen molar-refractivity contribution in [3.63, 3.8) is 0 Å². The highest BCUT2D eigenvalue weighted by atomic mass is 35.5. The van der Waals surface area contributed by atoms with E-state index in [0.717, 1.165) is 0 Å². The molecule has 1 N–H and O–H groups in total. The van der Waals surface area contributed by atoms with Crippen molar-refractivity contribution < 1.29 is 27.9 Å². The third-order valence-corrected chi connectivity index (χ3v) is 6.29. The van der Waals surface area contributed by atoms with Gasteiger partial charge in [-0.1, -0.05) is 24.3 Å². The highest BCUT2D eigenvalue weighted by molar-refractivity contribution is 7.55. The molecule has 0 radical (unpaired) electrons. The van der Waals surface area contributed by atoms with Crippen LogP contribution in [0.1, 0.15) is 6.92 Å². The number of para-hydroxylation sites is 4. The van der Waals surface area contributed by atoms with Gasteiger partial charge in [-0.2, -0.15) is 5.01 Å². The number of hydrogen-bond donors (Lipinski definition) is 1. The standard InChI is InChI=1S/C19H23ClN3O7P/c1-14(23(22-25)19(24)21-13-12-20)31(26,29-17-10-6-4-8-15(17)27-2)30-18-11-7-5-9-16(18)28-3/h4-11,14H,12-13H2,1-3H3,(H,21,24). The van der Waals surface area contributed by atoms with Gasteiger partial charge in [0, 0.05) is 12.4 Å². The first-order chi connectivity index (χ1) is 14.9. The molecule has 0 saturated carbocycles. The molecule has 2 aromatic carbocycles. The average Bonchev–Trinajstić information content (AvgIpc) is 2.78. The van der Waals surface area contributed by atoms with Gasteiger partial charge < -0.3 is 23.8 Å². The summed E-state index contributed by atoms with van der Waals surface area (Å²) >= 11 is 5.57. The number of rotatable bonds is 11. The van der Waals surface area contributed by atoms with Crippen LogP contribution in [0, 0.1) is 4.91 Å². The van der Waals surface area contributed by atoms with E-state index in [1.54, 1.807) is 36.4 Å². The van der Waals surface area contributed by atoms with Gasteiger partial charge in [0.2, 0.25) is 0 Å². The predicted octanol–water partition coefficient (Wildman–Crippen LogP) is 4.63. The van der Waals surface area contributed by atoms with Gasteiger partial charge in [-0.25, -0.2) is 9.36 Å². The summed E-state index contributed by atoms with van der Waals surface area (Å²) in [7, 11) is -1.49. The van der Waals surface area contributed by atoms with Crippen LogP contribution in [0.3, 0.4) is 0 Å². The maximum atomic E-state index is 14.0. The fraction of sp³-hybridized carbons (Fsp3) is 0.316. The number of amides is 2. The van der Waals surface area contributed by atoms with Crippen LogP contribution >= 0.6 is 19.2 Å². The van der Waals surface area contributed by atoms with Gasteiger partial charge in [0.15, 0.2) is 28.8 Å². The van der Waals surface area contributed by atoms with Gasteiger partial charge in [-0.15, -0.1) is 16.5 Å². The van der Waals surface area contributed by atoms with Crippen molar-refractivity contribution >= 4 is 25.2 Å². The summed E-state index contributed by atoms with van der Waals surface area (Å²) in [5.74, 6) is -0.592. The van der Waals surface area contributed by atoms with Gasteiger partial charge in [0.25, 0.3) is 0 Å². The number of alkyl halides is 1. The molecule has 0 saturated heterocycles. The van der Waals surface area contributed by atoms with E-state index >= 15 is 0 Å². The molecule has 1 unspecified atom stereocenters. The van der Waals surface area contributed by atoms with Crippen LogP contribution in [-0.2, 0) is 4.57 Å². The SMILES string of the molecule is COc1ccccc1OP(=O)(Oc1ccccc1OC)C(C)N(N=O)C(=O)NCCCl. The number of benzene rings is 2. The highest BCUT2D eigenvalue weighted by Gasteiger charge is 2.44. The topological polar surface area (TPSA) is 116 Å². The molecule has 12 heteroatoms. The van der Waals surface area contributed by atoms with Crippen LogP contribution in [0.5, 0.6) is 23.0 Å². The Morgan fingerprint density at radius 2 is 1.48 bits per heavy atom. The lowest BCUT2D eigenvalue weighted by atomic mass is 10.3. The van der Waals surface area contributed by atoms with E-state index in [1.165, 1.54) is 33.3 Å². The van der Waals surface area contributed by atoms with Gasteiger partial charge >= 0.3 is 13.6 Å². The van der Waals surface area contributed by atoms with Gasteiger partial charge in [-0.05, 0) is 31.2 Å². The van der Waals surface area contributed by atoms with E-state index in [2.05, 4.69) is 10.6 Å². The summed E-state index contributed by atoms with van der Waals surface area (Å²) in [6.45, 7) is 1.39. The lowest BCUT2D eigenvalue weighted by Gasteiger charge is -2.29. The second-order valence-electron chi connectivity index (χ2n) is 6.00. The van der Waals surface area contributed by atoms with E-state index in [4.69, 9.17) is 30.1 Å². The molecular weight excluding hydrogens is 449 g/mol. The predicted molar refractivity (Wildman–Crippen MR) is 116 cm³/mol. The second kappa shape index (κ2) is 11.4. The van der Waals surface area contributed by atoms with Crippen LogP contribution < -0.4 is 23.8 Å². The number of nitrogens with zero attached hydrogens (tertiary/aromatic N) is 2. The van der Waals surface area contributed by atoms with E-state index < -0.39 is 19.4 Å². The Kier molecular flexibility index (Phi) is 8.96. The third kappa shape index (κ3) is 6.02. The van der Waals surface area contributed by atoms with Gasteiger partial charge in [0.05, 0.1) is 19.5 Å². The largest absolute Gasteiger partial charge is 0.493 e. The molecule has 2 aromatic rings. The van der Waals surface area contributed by atoms with E-state index in [-0.39, 0.29) is 35.4 Å². The summed E-state index contributed by atoms with van der Waals surface area (Å²) in [5, 5.41) is 5.54. The van der Waals surface area contributed by atoms with Crippen LogP contribution in [0.25, 0.3) is 0 Å². The molecule has 2 amide bonds. The molecule has 1 atom stereocenters. The molecule has 2 rings (SSSR count). The molecule has 0 aromatic heterocycles. The molecule has 0 spiro atoms. The number of halogens is 1. The number of nitroso groups, excluding NO2 is 1. The maximum absolute atomic E-state index is 14.0. The molecule has 0 fully saturated rings. The van der Waals surface area contributed by atoms with Crippen molar-refractivity contribution in [3.05, 3.63) is 53.4 Å². The van der Waals surface area contributed by atoms with Crippen molar-refractivity contribution in [3.8, 4) is 23.0 Å². The first-order valence-corrected chi connectivity index (χ1v) is 11.3. The summed E-state index contributed by atoms with van der Waals surface area (Å²) in [6.07, 6.45) is 0. The number of methoxy groups -OCH3 is 2. The minimum Gasteiger partial charge on any atom is -0.493 e. The number of carbonyl (C=O) groups is 1. The molecule has 0 bridgehead atoms. The Balaban J connectivity index is 2.48. The maximum Gasteiger partial charge on any atom is 0.455 e. The Morgan fingerprint density at radius 3 is 1.87 bits per heavy atom. The van der Waals surface area contributed by atoms with E-state index in [0.29, 0.717) is 5.01 Å². The van der Waals surface area contributed by atoms with Crippen molar-refractivity contribution in [2.75, 3.05) is 26.6 Å². The fourth-order valence-corrected chi connectivity index (χ4v) is 4.18. The summed E-state index contributed by atoms with van der Waals surface area (Å²) in [6, 6.07) is 12.0. The number of nitrogens with one attached hydrogen (secondary N) is 1. The Bertz CT molecular complexity index is 893. The average molecular weight is 472 g/mol. The van der Waals surface area contributed by atoms with E-state index in [1.807, 2.05) is 0 Å². The lowest BCUT2D eigenvalue weighted by molar-refractivity contribution is 0.188. The molecule has 0 aliphatic heterocycles.